The summed E-state index contributed by atoms with van der Waals surface area (Å²) in [5.74, 6) is -0.455. The van der Waals surface area contributed by atoms with Gasteiger partial charge in [-0.15, -0.1) is 0 Å². The van der Waals surface area contributed by atoms with E-state index in [0.717, 1.165) is 12.6 Å². The third-order valence-corrected chi connectivity index (χ3v) is 3.43. The van der Waals surface area contributed by atoms with E-state index in [2.05, 4.69) is 37.9 Å². The summed E-state index contributed by atoms with van der Waals surface area (Å²) in [6, 6.07) is 4.42. The minimum absolute atomic E-state index is 0.0477. The third kappa shape index (κ3) is 5.40. The Kier molecular flexibility index (Phi) is 6.71. The molecule has 0 spiro atoms. The number of nitro groups is 1. The molecule has 0 heterocycles. The fraction of sp³-hybridized carbons (Fsp3) is 0.600. The topological polar surface area (TPSA) is 58.4 Å². The van der Waals surface area contributed by atoms with Crippen molar-refractivity contribution in [3.8, 4) is 0 Å². The Bertz CT molecular complexity index is 470. The molecule has 1 rings (SSSR count). The smallest absolute Gasteiger partial charge is 0.274 e. The monoisotopic (exact) mass is 297 g/mol. The second-order valence-electron chi connectivity index (χ2n) is 5.63. The van der Waals surface area contributed by atoms with Gasteiger partial charge in [-0.1, -0.05) is 0 Å². The molecule has 0 aliphatic rings. The molecule has 1 aromatic rings. The minimum atomic E-state index is -0.481. The lowest BCUT2D eigenvalue weighted by Crippen LogP contribution is -2.41. The van der Waals surface area contributed by atoms with Gasteiger partial charge in [0.2, 0.25) is 0 Å². The highest BCUT2D eigenvalue weighted by molar-refractivity contribution is 5.40. The molecule has 5 nitrogen and oxygen atoms in total. The number of nitrogens with zero attached hydrogens (tertiary/aromatic N) is 2. The van der Waals surface area contributed by atoms with Gasteiger partial charge in [0.25, 0.3) is 5.69 Å². The third-order valence-electron chi connectivity index (χ3n) is 3.43. The largest absolute Gasteiger partial charge is 0.311 e. The van der Waals surface area contributed by atoms with Crippen molar-refractivity contribution < 1.29 is 9.31 Å². The molecule has 0 saturated carbocycles. The van der Waals surface area contributed by atoms with E-state index in [0.29, 0.717) is 24.2 Å². The van der Waals surface area contributed by atoms with E-state index >= 15 is 0 Å². The highest BCUT2D eigenvalue weighted by Gasteiger charge is 2.15. The van der Waals surface area contributed by atoms with Crippen molar-refractivity contribution >= 4 is 5.69 Å². The van der Waals surface area contributed by atoms with Crippen LogP contribution in [0.5, 0.6) is 0 Å². The Balaban J connectivity index is 2.56. The molecule has 0 bridgehead atoms. The summed E-state index contributed by atoms with van der Waals surface area (Å²) in [5.41, 5.74) is 0.328. The first kappa shape index (κ1) is 17.5. The molecular formula is C15H24FN3O2. The van der Waals surface area contributed by atoms with Crippen LogP contribution in [0.25, 0.3) is 0 Å². The maximum absolute atomic E-state index is 13.2. The number of nitrogens with one attached hydrogen (secondary N) is 1. The van der Waals surface area contributed by atoms with E-state index in [1.54, 1.807) is 0 Å². The van der Waals surface area contributed by atoms with Crippen molar-refractivity contribution in [1.82, 2.24) is 10.2 Å². The Morgan fingerprint density at radius 3 is 2.43 bits per heavy atom. The van der Waals surface area contributed by atoms with E-state index in [4.69, 9.17) is 0 Å². The zero-order valence-corrected chi connectivity index (χ0v) is 13.1. The molecule has 0 radical (unpaired) electrons. The first-order valence-electron chi connectivity index (χ1n) is 7.22. The minimum Gasteiger partial charge on any atom is -0.311 e. The highest BCUT2D eigenvalue weighted by atomic mass is 19.1. The van der Waals surface area contributed by atoms with Gasteiger partial charge < -0.3 is 5.32 Å². The number of benzene rings is 1. The van der Waals surface area contributed by atoms with Gasteiger partial charge in [-0.2, -0.15) is 0 Å². The van der Waals surface area contributed by atoms with Crippen LogP contribution in [0.2, 0.25) is 0 Å². The van der Waals surface area contributed by atoms with Crippen LogP contribution in [0.15, 0.2) is 18.2 Å². The summed E-state index contributed by atoms with van der Waals surface area (Å²) in [7, 11) is 0. The van der Waals surface area contributed by atoms with Crippen LogP contribution in [0.4, 0.5) is 10.1 Å². The van der Waals surface area contributed by atoms with Gasteiger partial charge >= 0.3 is 0 Å². The van der Waals surface area contributed by atoms with Crippen molar-refractivity contribution in [1.29, 1.82) is 0 Å². The fourth-order valence-corrected chi connectivity index (χ4v) is 2.42. The molecule has 0 aromatic heterocycles. The van der Waals surface area contributed by atoms with Crippen LogP contribution in [-0.4, -0.2) is 35.0 Å². The van der Waals surface area contributed by atoms with Crippen LogP contribution in [0, 0.1) is 15.9 Å². The van der Waals surface area contributed by atoms with Gasteiger partial charge in [-0.25, -0.2) is 4.39 Å². The maximum atomic E-state index is 13.2. The molecule has 6 heteroatoms. The Labute approximate surface area is 125 Å². The average Bonchev–Trinajstić information content (AvgIpc) is 2.37. The maximum Gasteiger partial charge on any atom is 0.274 e. The number of hydrogen-bond acceptors (Lipinski definition) is 4. The van der Waals surface area contributed by atoms with E-state index < -0.39 is 10.7 Å². The number of hydrogen-bond donors (Lipinski definition) is 1. The summed E-state index contributed by atoms with van der Waals surface area (Å²) in [5, 5.41) is 14.1. The lowest BCUT2D eigenvalue weighted by Gasteiger charge is -2.30. The number of rotatable bonds is 8. The standard InChI is InChI=1S/C15H24FN3O2/c1-11(2)18(12(3)4)8-7-17-10-13-9-14(16)5-6-15(13)19(20)21/h5-6,9,11-12,17H,7-8,10H2,1-4H3. The van der Waals surface area contributed by atoms with Crippen LogP contribution < -0.4 is 5.32 Å². The molecule has 0 amide bonds. The molecule has 0 unspecified atom stereocenters. The van der Waals surface area contributed by atoms with E-state index in [-0.39, 0.29) is 12.2 Å². The second-order valence-corrected chi connectivity index (χ2v) is 5.63. The predicted octanol–water partition coefficient (Wildman–Crippen LogP) is 2.94. The van der Waals surface area contributed by atoms with Crippen LogP contribution in [-0.2, 0) is 6.54 Å². The van der Waals surface area contributed by atoms with Gasteiger partial charge in [-0.05, 0) is 39.8 Å². The van der Waals surface area contributed by atoms with Crippen LogP contribution in [0.3, 0.4) is 0 Å². The predicted molar refractivity (Wildman–Crippen MR) is 81.7 cm³/mol. The van der Waals surface area contributed by atoms with Crippen molar-refractivity contribution in [2.24, 2.45) is 0 Å². The summed E-state index contributed by atoms with van der Waals surface area (Å²) in [6.07, 6.45) is 0. The molecule has 0 aliphatic carbocycles. The fourth-order valence-electron chi connectivity index (χ4n) is 2.42. The Hall–Kier alpha value is -1.53. The summed E-state index contributed by atoms with van der Waals surface area (Å²) < 4.78 is 13.2. The first-order chi connectivity index (χ1) is 9.82. The van der Waals surface area contributed by atoms with Crippen molar-refractivity contribution in [2.75, 3.05) is 13.1 Å². The number of halogens is 1. The molecule has 0 fully saturated rings. The zero-order valence-electron chi connectivity index (χ0n) is 13.1. The lowest BCUT2D eigenvalue weighted by atomic mass is 10.1. The molecule has 118 valence electrons. The molecule has 0 saturated heterocycles. The molecule has 1 aromatic carbocycles. The Morgan fingerprint density at radius 2 is 1.90 bits per heavy atom. The summed E-state index contributed by atoms with van der Waals surface area (Å²) in [6.45, 7) is 10.4. The van der Waals surface area contributed by atoms with Gasteiger partial charge in [0.05, 0.1) is 4.92 Å². The second kappa shape index (κ2) is 8.05. The number of nitro benzene ring substituents is 1. The Morgan fingerprint density at radius 1 is 1.29 bits per heavy atom. The molecule has 21 heavy (non-hydrogen) atoms. The average molecular weight is 297 g/mol. The molecule has 0 atom stereocenters. The summed E-state index contributed by atoms with van der Waals surface area (Å²) in [4.78, 5) is 12.7. The van der Waals surface area contributed by atoms with E-state index in [1.165, 1.54) is 12.1 Å². The molecule has 0 aliphatic heterocycles. The van der Waals surface area contributed by atoms with Crippen LogP contribution in [0.1, 0.15) is 33.3 Å². The van der Waals surface area contributed by atoms with E-state index in [9.17, 15) is 14.5 Å². The first-order valence-corrected chi connectivity index (χ1v) is 7.22. The molecular weight excluding hydrogens is 273 g/mol. The van der Waals surface area contributed by atoms with Gasteiger partial charge in [-0.3, -0.25) is 15.0 Å². The van der Waals surface area contributed by atoms with Gasteiger partial charge in [0.15, 0.2) is 0 Å². The highest BCUT2D eigenvalue weighted by Crippen LogP contribution is 2.19. The van der Waals surface area contributed by atoms with Gasteiger partial charge in [0.1, 0.15) is 5.82 Å². The quantitative estimate of drug-likeness (QED) is 0.455. The van der Waals surface area contributed by atoms with Crippen molar-refractivity contribution in [3.63, 3.8) is 0 Å². The SMILES string of the molecule is CC(C)N(CCNCc1cc(F)ccc1[N+](=O)[O-])C(C)C. The normalized spacial score (nSPS) is 11.6. The van der Waals surface area contributed by atoms with Crippen molar-refractivity contribution in [3.05, 3.63) is 39.7 Å². The van der Waals surface area contributed by atoms with Crippen LogP contribution >= 0.6 is 0 Å². The molecule has 1 N–H and O–H groups in total. The zero-order chi connectivity index (χ0) is 16.0. The van der Waals surface area contributed by atoms with Crippen molar-refractivity contribution in [2.45, 2.75) is 46.3 Å². The summed E-state index contributed by atoms with van der Waals surface area (Å²) >= 11 is 0. The van der Waals surface area contributed by atoms with Gasteiger partial charge in [0, 0.05) is 43.3 Å². The lowest BCUT2D eigenvalue weighted by molar-refractivity contribution is -0.385. The van der Waals surface area contributed by atoms with E-state index in [1.807, 2.05) is 0 Å².